The molecule has 0 saturated carbocycles. The Morgan fingerprint density at radius 2 is 1.95 bits per heavy atom. The molecular weight excluding hydrogens is 268 g/mol. The number of carbonyl (C=O) groups is 1. The van der Waals surface area contributed by atoms with Gasteiger partial charge in [0.1, 0.15) is 5.75 Å². The van der Waals surface area contributed by atoms with Crippen LogP contribution in [0.5, 0.6) is 17.2 Å². The largest absolute Gasteiger partial charge is 0.507 e. The van der Waals surface area contributed by atoms with Crippen molar-refractivity contribution in [2.75, 3.05) is 7.11 Å². The molecule has 0 aromatic heterocycles. The molecule has 1 N–H and O–H groups in total. The number of ether oxygens (including phenoxy) is 2. The maximum Gasteiger partial charge on any atom is 0.308 e. The average molecular weight is 281 g/mol. The zero-order valence-corrected chi connectivity index (χ0v) is 11.5. The van der Waals surface area contributed by atoms with Gasteiger partial charge in [0, 0.05) is 28.3 Å². The van der Waals surface area contributed by atoms with E-state index in [-0.39, 0.29) is 11.5 Å². The zero-order chi connectivity index (χ0) is 14.2. The second-order valence-electron chi connectivity index (χ2n) is 4.12. The van der Waals surface area contributed by atoms with Crippen LogP contribution in [0.2, 0.25) is 5.02 Å². The Labute approximate surface area is 115 Å². The van der Waals surface area contributed by atoms with Crippen molar-refractivity contribution in [3.63, 3.8) is 0 Å². The molecule has 4 nitrogen and oxygen atoms in total. The van der Waals surface area contributed by atoms with E-state index in [9.17, 15) is 9.90 Å². The summed E-state index contributed by atoms with van der Waals surface area (Å²) in [5.74, 6) is 0.226. The first-order valence-corrected chi connectivity index (χ1v) is 6.00. The number of methoxy groups -OCH3 is 1. The molecule has 0 radical (unpaired) electrons. The van der Waals surface area contributed by atoms with E-state index < -0.39 is 5.97 Å². The van der Waals surface area contributed by atoms with Crippen LogP contribution in [0.1, 0.15) is 12.5 Å². The Hall–Kier alpha value is -1.94. The van der Waals surface area contributed by atoms with E-state index in [0.717, 1.165) is 0 Å². The molecule has 0 amide bonds. The van der Waals surface area contributed by atoms with E-state index in [2.05, 4.69) is 0 Å². The Morgan fingerprint density at radius 3 is 2.53 bits per heavy atom. The monoisotopic (exact) mass is 280 g/mol. The lowest BCUT2D eigenvalue weighted by molar-refractivity contribution is -0.131. The summed E-state index contributed by atoms with van der Waals surface area (Å²) in [4.78, 5) is 11.2. The van der Waals surface area contributed by atoms with Gasteiger partial charge in [-0.2, -0.15) is 0 Å². The van der Waals surface area contributed by atoms with Crippen molar-refractivity contribution in [2.45, 2.75) is 13.8 Å². The Morgan fingerprint density at radius 1 is 1.26 bits per heavy atom. The molecule has 2 rings (SSSR count). The quantitative estimate of drug-likeness (QED) is 0.676. The third-order valence-corrected chi connectivity index (χ3v) is 3.07. The van der Waals surface area contributed by atoms with E-state index in [1.165, 1.54) is 14.0 Å². The molecular formula is C14H13ClO4. The van der Waals surface area contributed by atoms with Gasteiger partial charge in [0.25, 0.3) is 0 Å². The maximum atomic E-state index is 11.2. The van der Waals surface area contributed by atoms with Gasteiger partial charge in [-0.25, -0.2) is 0 Å². The highest BCUT2D eigenvalue weighted by Crippen LogP contribution is 2.45. The molecule has 0 fully saturated rings. The van der Waals surface area contributed by atoms with E-state index in [0.29, 0.717) is 27.1 Å². The molecule has 0 spiro atoms. The number of carbonyl (C=O) groups excluding carboxylic acids is 1. The first-order valence-electron chi connectivity index (χ1n) is 5.63. The van der Waals surface area contributed by atoms with Crippen molar-refractivity contribution in [1.82, 2.24) is 0 Å². The lowest BCUT2D eigenvalue weighted by atomic mass is 10.0. The molecule has 0 heterocycles. The van der Waals surface area contributed by atoms with E-state index >= 15 is 0 Å². The summed E-state index contributed by atoms with van der Waals surface area (Å²) in [6.07, 6.45) is 0. The molecule has 0 aliphatic carbocycles. The molecule has 0 atom stereocenters. The minimum atomic E-state index is -0.459. The van der Waals surface area contributed by atoms with Crippen LogP contribution in [0.25, 0.3) is 10.8 Å². The molecule has 2 aromatic carbocycles. The number of hydrogen-bond donors (Lipinski definition) is 1. The van der Waals surface area contributed by atoms with Gasteiger partial charge < -0.3 is 14.6 Å². The minimum absolute atomic E-state index is 0.0604. The highest BCUT2D eigenvalue weighted by molar-refractivity contribution is 6.31. The van der Waals surface area contributed by atoms with E-state index in [1.54, 1.807) is 25.1 Å². The summed E-state index contributed by atoms with van der Waals surface area (Å²) in [7, 11) is 1.45. The van der Waals surface area contributed by atoms with Gasteiger partial charge in [-0.05, 0) is 25.1 Å². The lowest BCUT2D eigenvalue weighted by Crippen LogP contribution is -2.04. The summed E-state index contributed by atoms with van der Waals surface area (Å²) >= 11 is 5.92. The summed E-state index contributed by atoms with van der Waals surface area (Å²) in [6.45, 7) is 2.99. The van der Waals surface area contributed by atoms with E-state index in [4.69, 9.17) is 21.1 Å². The number of esters is 1. The molecule has 0 bridgehead atoms. The van der Waals surface area contributed by atoms with Gasteiger partial charge in [0.15, 0.2) is 11.5 Å². The second kappa shape index (κ2) is 4.97. The van der Waals surface area contributed by atoms with Crippen molar-refractivity contribution in [2.24, 2.45) is 0 Å². The van der Waals surface area contributed by atoms with Crippen LogP contribution in [0.15, 0.2) is 18.2 Å². The highest BCUT2D eigenvalue weighted by Gasteiger charge is 2.19. The van der Waals surface area contributed by atoms with Crippen LogP contribution < -0.4 is 9.47 Å². The Bertz CT molecular complexity index is 664. The number of phenols is 1. The predicted octanol–water partition coefficient (Wildman–Crippen LogP) is 3.44. The Kier molecular flexibility index (Phi) is 3.53. The summed E-state index contributed by atoms with van der Waals surface area (Å²) < 4.78 is 10.4. The maximum absolute atomic E-state index is 11.2. The van der Waals surface area contributed by atoms with Gasteiger partial charge in [0.2, 0.25) is 0 Å². The van der Waals surface area contributed by atoms with Gasteiger partial charge in [-0.3, -0.25) is 4.79 Å². The molecule has 0 aliphatic rings. The van der Waals surface area contributed by atoms with Gasteiger partial charge in [0.05, 0.1) is 7.11 Å². The van der Waals surface area contributed by atoms with Crippen LogP contribution >= 0.6 is 11.6 Å². The number of phenolic OH excluding ortho intramolecular Hbond substituents is 1. The standard InChI is InChI=1S/C14H13ClO4/c1-7-12(17)11-6-9(15)4-5-10(11)14(13(7)18-3)19-8(2)16/h4-6,17H,1-3H3. The SMILES string of the molecule is COc1c(C)c(O)c2cc(Cl)ccc2c1OC(C)=O. The first-order chi connectivity index (χ1) is 8.95. The van der Waals surface area contributed by atoms with E-state index in [1.807, 2.05) is 0 Å². The zero-order valence-electron chi connectivity index (χ0n) is 10.8. The van der Waals surface area contributed by atoms with Crippen LogP contribution in [0.3, 0.4) is 0 Å². The molecule has 100 valence electrons. The van der Waals surface area contributed by atoms with Gasteiger partial charge in [-0.1, -0.05) is 11.6 Å². The third kappa shape index (κ3) is 2.31. The molecule has 0 aliphatic heterocycles. The average Bonchev–Trinajstić information content (AvgIpc) is 2.35. The third-order valence-electron chi connectivity index (χ3n) is 2.83. The fraction of sp³-hybridized carbons (Fsp3) is 0.214. The fourth-order valence-electron chi connectivity index (χ4n) is 2.00. The first kappa shape index (κ1) is 13.5. The number of aromatic hydroxyl groups is 1. The van der Waals surface area contributed by atoms with Gasteiger partial charge >= 0.3 is 5.97 Å². The molecule has 5 heteroatoms. The predicted molar refractivity (Wildman–Crippen MR) is 73.2 cm³/mol. The minimum Gasteiger partial charge on any atom is -0.507 e. The van der Waals surface area contributed by atoms with Crippen LogP contribution in [-0.2, 0) is 4.79 Å². The number of rotatable bonds is 2. The molecule has 0 unspecified atom stereocenters. The topological polar surface area (TPSA) is 55.8 Å². The van der Waals surface area contributed by atoms with Crippen molar-refractivity contribution in [1.29, 1.82) is 0 Å². The second-order valence-corrected chi connectivity index (χ2v) is 4.56. The van der Waals surface area contributed by atoms with Crippen molar-refractivity contribution in [3.05, 3.63) is 28.8 Å². The molecule has 2 aromatic rings. The smallest absolute Gasteiger partial charge is 0.308 e. The van der Waals surface area contributed by atoms with Crippen LogP contribution in [0.4, 0.5) is 0 Å². The van der Waals surface area contributed by atoms with Gasteiger partial charge in [-0.15, -0.1) is 0 Å². The van der Waals surface area contributed by atoms with Crippen LogP contribution in [0, 0.1) is 6.92 Å². The molecule has 0 saturated heterocycles. The van der Waals surface area contributed by atoms with Crippen molar-refractivity contribution >= 4 is 28.3 Å². The summed E-state index contributed by atoms with van der Waals surface area (Å²) in [5, 5.41) is 11.7. The summed E-state index contributed by atoms with van der Waals surface area (Å²) in [5.41, 5.74) is 0.494. The highest BCUT2D eigenvalue weighted by atomic mass is 35.5. The number of hydrogen-bond acceptors (Lipinski definition) is 4. The summed E-state index contributed by atoms with van der Waals surface area (Å²) in [6, 6.07) is 4.95. The number of benzene rings is 2. The number of fused-ring (bicyclic) bond motifs is 1. The van der Waals surface area contributed by atoms with Crippen LogP contribution in [-0.4, -0.2) is 18.2 Å². The number of halogens is 1. The fourth-order valence-corrected chi connectivity index (χ4v) is 2.18. The molecule has 19 heavy (non-hydrogen) atoms. The van der Waals surface area contributed by atoms with Crippen molar-refractivity contribution in [3.8, 4) is 17.2 Å². The Balaban J connectivity index is 2.89. The van der Waals surface area contributed by atoms with Crippen molar-refractivity contribution < 1.29 is 19.4 Å². The lowest BCUT2D eigenvalue weighted by Gasteiger charge is -2.16. The normalized spacial score (nSPS) is 10.5.